The van der Waals surface area contributed by atoms with E-state index in [1.165, 1.54) is 0 Å². The number of esters is 1. The SMILES string of the molecule is CC(C)(C)OC(=O)CNCCCCNC(=O)OCc1ccccc1. The Bertz CT molecular complexity index is 497. The van der Waals surface area contributed by atoms with Gasteiger partial charge in [-0.05, 0) is 45.7 Å². The average Bonchev–Trinajstić information content (AvgIpc) is 2.51. The molecule has 0 aliphatic heterocycles. The van der Waals surface area contributed by atoms with Crippen LogP contribution >= 0.6 is 0 Å². The maximum atomic E-state index is 11.5. The highest BCUT2D eigenvalue weighted by molar-refractivity contribution is 5.72. The van der Waals surface area contributed by atoms with Crippen molar-refractivity contribution in [3.63, 3.8) is 0 Å². The molecule has 0 fully saturated rings. The zero-order chi connectivity index (χ0) is 17.8. The number of hydrogen-bond donors (Lipinski definition) is 2. The lowest BCUT2D eigenvalue weighted by molar-refractivity contribution is -0.153. The van der Waals surface area contributed by atoms with Crippen LogP contribution in [-0.2, 0) is 20.9 Å². The number of unbranched alkanes of at least 4 members (excludes halogenated alkanes) is 1. The predicted octanol–water partition coefficient (Wildman–Crippen LogP) is 2.62. The first-order chi connectivity index (χ1) is 11.4. The Labute approximate surface area is 143 Å². The van der Waals surface area contributed by atoms with Crippen molar-refractivity contribution in [3.8, 4) is 0 Å². The molecule has 1 amide bonds. The number of ether oxygens (including phenoxy) is 2. The van der Waals surface area contributed by atoms with E-state index >= 15 is 0 Å². The van der Waals surface area contributed by atoms with Crippen molar-refractivity contribution in [2.45, 2.75) is 45.8 Å². The van der Waals surface area contributed by atoms with Crippen LogP contribution in [0, 0.1) is 0 Å². The monoisotopic (exact) mass is 336 g/mol. The molecule has 0 spiro atoms. The van der Waals surface area contributed by atoms with Crippen LogP contribution in [0.4, 0.5) is 4.79 Å². The third-order valence-corrected chi connectivity index (χ3v) is 2.95. The molecule has 1 rings (SSSR count). The van der Waals surface area contributed by atoms with Gasteiger partial charge in [-0.25, -0.2) is 4.79 Å². The second kappa shape index (κ2) is 10.6. The van der Waals surface area contributed by atoms with Crippen LogP contribution in [0.25, 0.3) is 0 Å². The van der Waals surface area contributed by atoms with Gasteiger partial charge in [0, 0.05) is 6.54 Å². The largest absolute Gasteiger partial charge is 0.459 e. The lowest BCUT2D eigenvalue weighted by Crippen LogP contribution is -2.32. The van der Waals surface area contributed by atoms with Crippen molar-refractivity contribution in [1.82, 2.24) is 10.6 Å². The van der Waals surface area contributed by atoms with E-state index in [4.69, 9.17) is 9.47 Å². The molecule has 6 heteroatoms. The van der Waals surface area contributed by atoms with Gasteiger partial charge >= 0.3 is 12.1 Å². The minimum Gasteiger partial charge on any atom is -0.459 e. The maximum Gasteiger partial charge on any atom is 0.407 e. The van der Waals surface area contributed by atoms with Gasteiger partial charge in [-0.2, -0.15) is 0 Å². The zero-order valence-electron chi connectivity index (χ0n) is 14.8. The summed E-state index contributed by atoms with van der Waals surface area (Å²) in [6, 6.07) is 9.54. The molecule has 0 saturated carbocycles. The van der Waals surface area contributed by atoms with E-state index in [0.717, 1.165) is 18.4 Å². The summed E-state index contributed by atoms with van der Waals surface area (Å²) < 4.78 is 10.3. The first-order valence-corrected chi connectivity index (χ1v) is 8.24. The summed E-state index contributed by atoms with van der Waals surface area (Å²) in [4.78, 5) is 23.0. The summed E-state index contributed by atoms with van der Waals surface area (Å²) in [5, 5.41) is 5.73. The molecule has 2 N–H and O–H groups in total. The number of alkyl carbamates (subject to hydrolysis) is 1. The number of benzene rings is 1. The van der Waals surface area contributed by atoms with Crippen molar-refractivity contribution in [2.75, 3.05) is 19.6 Å². The van der Waals surface area contributed by atoms with E-state index in [-0.39, 0.29) is 19.1 Å². The van der Waals surface area contributed by atoms with Gasteiger partial charge in [0.1, 0.15) is 12.2 Å². The lowest BCUT2D eigenvalue weighted by Gasteiger charge is -2.19. The minimum atomic E-state index is -0.456. The molecular weight excluding hydrogens is 308 g/mol. The van der Waals surface area contributed by atoms with Crippen molar-refractivity contribution in [3.05, 3.63) is 35.9 Å². The molecule has 0 heterocycles. The molecule has 0 saturated heterocycles. The molecule has 0 unspecified atom stereocenters. The Balaban J connectivity index is 1.96. The topological polar surface area (TPSA) is 76.7 Å². The molecule has 1 aromatic rings. The summed E-state index contributed by atoms with van der Waals surface area (Å²) >= 11 is 0. The van der Waals surface area contributed by atoms with E-state index in [2.05, 4.69) is 10.6 Å². The zero-order valence-corrected chi connectivity index (χ0v) is 14.8. The highest BCUT2D eigenvalue weighted by Crippen LogP contribution is 2.06. The summed E-state index contributed by atoms with van der Waals surface area (Å²) in [7, 11) is 0. The van der Waals surface area contributed by atoms with Crippen LogP contribution in [0.3, 0.4) is 0 Å². The van der Waals surface area contributed by atoms with E-state index in [1.807, 2.05) is 51.1 Å². The highest BCUT2D eigenvalue weighted by atomic mass is 16.6. The number of carbonyl (C=O) groups excluding carboxylic acids is 2. The van der Waals surface area contributed by atoms with Crippen LogP contribution in [-0.4, -0.2) is 37.3 Å². The summed E-state index contributed by atoms with van der Waals surface area (Å²) in [5.41, 5.74) is 0.502. The van der Waals surface area contributed by atoms with Gasteiger partial charge in [-0.3, -0.25) is 4.79 Å². The molecular formula is C18H28N2O4. The second-order valence-corrected chi connectivity index (χ2v) is 6.46. The Kier molecular flexibility index (Phi) is 8.86. The first kappa shape index (κ1) is 20.0. The summed E-state index contributed by atoms with van der Waals surface area (Å²) in [6.07, 6.45) is 1.24. The van der Waals surface area contributed by atoms with Crippen LogP contribution in [0.1, 0.15) is 39.2 Å². The molecule has 6 nitrogen and oxygen atoms in total. The second-order valence-electron chi connectivity index (χ2n) is 6.46. The quantitative estimate of drug-likeness (QED) is 0.535. The third-order valence-electron chi connectivity index (χ3n) is 2.95. The molecule has 0 aromatic heterocycles. The van der Waals surface area contributed by atoms with Crippen molar-refractivity contribution >= 4 is 12.1 Å². The Morgan fingerprint density at radius 1 is 1.04 bits per heavy atom. The molecule has 0 bridgehead atoms. The van der Waals surface area contributed by atoms with Crippen molar-refractivity contribution in [2.24, 2.45) is 0 Å². The summed E-state index contributed by atoms with van der Waals surface area (Å²) in [5.74, 6) is -0.259. The summed E-state index contributed by atoms with van der Waals surface area (Å²) in [6.45, 7) is 7.23. The Morgan fingerprint density at radius 3 is 2.38 bits per heavy atom. The molecule has 0 radical (unpaired) electrons. The normalized spacial score (nSPS) is 11.0. The minimum absolute atomic E-state index is 0.198. The van der Waals surface area contributed by atoms with Gasteiger partial charge in [0.05, 0.1) is 6.54 Å². The molecule has 0 aliphatic carbocycles. The smallest absolute Gasteiger partial charge is 0.407 e. The molecule has 1 aromatic carbocycles. The molecule has 0 atom stereocenters. The number of amides is 1. The van der Waals surface area contributed by atoms with E-state index < -0.39 is 11.7 Å². The average molecular weight is 336 g/mol. The van der Waals surface area contributed by atoms with Gasteiger partial charge in [-0.15, -0.1) is 0 Å². The number of rotatable bonds is 9. The Morgan fingerprint density at radius 2 is 1.71 bits per heavy atom. The van der Waals surface area contributed by atoms with Gasteiger partial charge in [0.15, 0.2) is 0 Å². The van der Waals surface area contributed by atoms with Crippen LogP contribution in [0.15, 0.2) is 30.3 Å². The fourth-order valence-electron chi connectivity index (χ4n) is 1.91. The fourth-order valence-corrected chi connectivity index (χ4v) is 1.91. The molecule has 0 aliphatic rings. The van der Waals surface area contributed by atoms with E-state index in [0.29, 0.717) is 13.1 Å². The van der Waals surface area contributed by atoms with E-state index in [1.54, 1.807) is 0 Å². The van der Waals surface area contributed by atoms with Gasteiger partial charge in [-0.1, -0.05) is 30.3 Å². The predicted molar refractivity (Wildman–Crippen MR) is 92.6 cm³/mol. The van der Waals surface area contributed by atoms with Crippen molar-refractivity contribution < 1.29 is 19.1 Å². The number of nitrogens with one attached hydrogen (secondary N) is 2. The van der Waals surface area contributed by atoms with Crippen LogP contribution in [0.5, 0.6) is 0 Å². The lowest BCUT2D eigenvalue weighted by atomic mass is 10.2. The van der Waals surface area contributed by atoms with Gasteiger partial charge < -0.3 is 20.1 Å². The molecule has 134 valence electrons. The van der Waals surface area contributed by atoms with E-state index in [9.17, 15) is 9.59 Å². The highest BCUT2D eigenvalue weighted by Gasteiger charge is 2.15. The third kappa shape index (κ3) is 10.6. The maximum absolute atomic E-state index is 11.5. The molecule has 24 heavy (non-hydrogen) atoms. The standard InChI is InChI=1S/C18H28N2O4/c1-18(2,3)24-16(21)13-19-11-7-8-12-20-17(22)23-14-15-9-5-4-6-10-15/h4-6,9-10,19H,7-8,11-14H2,1-3H3,(H,20,22). The van der Waals surface area contributed by atoms with Crippen molar-refractivity contribution in [1.29, 1.82) is 0 Å². The van der Waals surface area contributed by atoms with Gasteiger partial charge in [0.25, 0.3) is 0 Å². The van der Waals surface area contributed by atoms with Gasteiger partial charge in [0.2, 0.25) is 0 Å². The van der Waals surface area contributed by atoms with Crippen LogP contribution in [0.2, 0.25) is 0 Å². The number of hydrogen-bond acceptors (Lipinski definition) is 5. The first-order valence-electron chi connectivity index (χ1n) is 8.24. The Hall–Kier alpha value is -2.08. The number of carbonyl (C=O) groups is 2. The van der Waals surface area contributed by atoms with Crippen LogP contribution < -0.4 is 10.6 Å². The fraction of sp³-hybridized carbons (Fsp3) is 0.556.